The Balaban J connectivity index is 1.29. The number of rotatable bonds is 4. The molecule has 2 aromatic rings. The topological polar surface area (TPSA) is 227 Å². The quantitative estimate of drug-likeness (QED) is 0.234. The molecule has 2 aliphatic heterocycles. The Morgan fingerprint density at radius 1 is 0.816 bits per heavy atom. The van der Waals surface area contributed by atoms with Crippen LogP contribution in [0.5, 0.6) is 0 Å². The van der Waals surface area contributed by atoms with Gasteiger partial charge >= 0.3 is 35.3 Å². The minimum Gasteiger partial charge on any atom is -0.382 e. The lowest BCUT2D eigenvalue weighted by Gasteiger charge is -2.14. The number of ether oxygens (including phenoxy) is 4. The molecule has 38 heavy (non-hydrogen) atoms. The number of hydrogen-bond donors (Lipinski definition) is 2. The van der Waals surface area contributed by atoms with E-state index in [0.717, 1.165) is 45.1 Å². The summed E-state index contributed by atoms with van der Waals surface area (Å²) in [4.78, 5) is 78.5. The predicted octanol–water partition coefficient (Wildman–Crippen LogP) is -1.74. The van der Waals surface area contributed by atoms with Crippen LogP contribution in [0, 0.1) is 11.6 Å². The van der Waals surface area contributed by atoms with Crippen LogP contribution < -0.4 is 22.8 Å². The van der Waals surface area contributed by atoms with Gasteiger partial charge in [0.2, 0.25) is 10.9 Å². The van der Waals surface area contributed by atoms with Crippen LogP contribution in [-0.4, -0.2) is 65.4 Å². The lowest BCUT2D eigenvalue weighted by molar-refractivity contribution is -0.182. The fourth-order valence-corrected chi connectivity index (χ4v) is 4.95. The van der Waals surface area contributed by atoms with Crippen LogP contribution in [0.25, 0.3) is 0 Å². The van der Waals surface area contributed by atoms with Crippen molar-refractivity contribution in [2.24, 2.45) is 0 Å². The Morgan fingerprint density at radius 2 is 1.18 bits per heavy atom. The van der Waals surface area contributed by atoms with Gasteiger partial charge in [-0.25, -0.2) is 37.5 Å². The SMILES string of the molecule is Nc1nc(=O)n([C@@H]2CS[C@H](C(=O)OC(=O)C(=O)OC(=O)[C@@H]3O[C@H](n4cc(F)c(N)nc4=O)CS3)O2)cc1F. The van der Waals surface area contributed by atoms with E-state index in [1.807, 2.05) is 0 Å². The van der Waals surface area contributed by atoms with Crippen LogP contribution in [0.1, 0.15) is 12.5 Å². The minimum absolute atomic E-state index is 0.0598. The molecule has 2 aromatic heterocycles. The van der Waals surface area contributed by atoms with Crippen molar-refractivity contribution in [2.45, 2.75) is 23.3 Å². The van der Waals surface area contributed by atoms with Crippen molar-refractivity contribution in [3.8, 4) is 0 Å². The summed E-state index contributed by atoms with van der Waals surface area (Å²) in [5.41, 5.74) is 5.49. The lowest BCUT2D eigenvalue weighted by Crippen LogP contribution is -2.34. The third kappa shape index (κ3) is 5.66. The molecule has 20 heteroatoms. The molecule has 16 nitrogen and oxygen atoms in total. The van der Waals surface area contributed by atoms with E-state index >= 15 is 0 Å². The smallest absolute Gasteiger partial charge is 0.382 e. The molecule has 2 fully saturated rings. The molecule has 0 aromatic carbocycles. The van der Waals surface area contributed by atoms with Crippen molar-refractivity contribution in [3.05, 3.63) is 45.0 Å². The van der Waals surface area contributed by atoms with Gasteiger partial charge in [-0.1, -0.05) is 0 Å². The molecular weight excluding hydrogens is 562 g/mol. The van der Waals surface area contributed by atoms with E-state index in [9.17, 15) is 37.5 Å². The van der Waals surface area contributed by atoms with Crippen molar-refractivity contribution in [1.82, 2.24) is 19.1 Å². The van der Waals surface area contributed by atoms with Gasteiger partial charge in [-0.15, -0.1) is 23.5 Å². The number of halogens is 2. The van der Waals surface area contributed by atoms with Gasteiger partial charge in [-0.2, -0.15) is 9.97 Å². The van der Waals surface area contributed by atoms with E-state index < -0.39 is 81.9 Å². The van der Waals surface area contributed by atoms with Crippen LogP contribution in [-0.2, 0) is 38.1 Å². The second-order valence-corrected chi connectivity index (χ2v) is 9.45. The van der Waals surface area contributed by atoms with E-state index in [-0.39, 0.29) is 11.5 Å². The van der Waals surface area contributed by atoms with Crippen LogP contribution in [0.2, 0.25) is 0 Å². The Bertz CT molecular complexity index is 1340. The maximum Gasteiger partial charge on any atom is 0.425 e. The second kappa shape index (κ2) is 10.8. The van der Waals surface area contributed by atoms with Gasteiger partial charge in [0, 0.05) is 11.5 Å². The number of aromatic nitrogens is 4. The number of hydrogen-bond acceptors (Lipinski definition) is 16. The Morgan fingerprint density at radius 3 is 1.55 bits per heavy atom. The monoisotopic (exact) mass is 576 g/mol. The number of nitrogens with two attached hydrogens (primary N) is 2. The van der Waals surface area contributed by atoms with Crippen molar-refractivity contribution in [3.63, 3.8) is 0 Å². The van der Waals surface area contributed by atoms with E-state index in [2.05, 4.69) is 19.4 Å². The van der Waals surface area contributed by atoms with Gasteiger partial charge < -0.3 is 30.4 Å². The van der Waals surface area contributed by atoms with Gasteiger partial charge in [0.25, 0.3) is 0 Å². The number of anilines is 2. The highest BCUT2D eigenvalue weighted by Crippen LogP contribution is 2.33. The van der Waals surface area contributed by atoms with E-state index in [4.69, 9.17) is 20.9 Å². The molecule has 0 saturated carbocycles. The van der Waals surface area contributed by atoms with Gasteiger partial charge in [-0.3, -0.25) is 9.13 Å². The first-order chi connectivity index (χ1) is 17.9. The van der Waals surface area contributed by atoms with Crippen LogP contribution in [0.3, 0.4) is 0 Å². The molecule has 0 spiro atoms. The first kappa shape index (κ1) is 27.2. The summed E-state index contributed by atoms with van der Waals surface area (Å²) in [5, 5.41) is 0. The standard InChI is InChI=1S/C18H14F2N6O10S2/c19-5-1-25(17(31)23-9(5)21)7-3-37-15(33-7)13(29)35-11(27)12(28)36-14(30)16-34-8(4-38-16)26-2-6(20)10(22)24-18(26)32/h1-2,7-8,15-16H,3-4H2,(H2,21,23,31)(H2,22,24,32)/t7-,8-,15+,16+/m0/s1. The fourth-order valence-electron chi connectivity index (χ4n) is 3.01. The summed E-state index contributed by atoms with van der Waals surface area (Å²) in [6.07, 6.45) is -0.889. The number of nitrogen functional groups attached to an aromatic ring is 2. The number of nitrogens with zero attached hydrogens (tertiary/aromatic N) is 4. The average Bonchev–Trinajstić information content (AvgIpc) is 3.54. The van der Waals surface area contributed by atoms with Gasteiger partial charge in [-0.05, 0) is 0 Å². The molecule has 0 aliphatic carbocycles. The van der Waals surface area contributed by atoms with Crippen LogP contribution >= 0.6 is 23.5 Å². The molecule has 0 bridgehead atoms. The van der Waals surface area contributed by atoms with E-state index in [1.54, 1.807) is 0 Å². The third-order valence-corrected chi connectivity index (χ3v) is 6.94. The molecular formula is C18H14F2N6O10S2. The summed E-state index contributed by atoms with van der Waals surface area (Å²) in [5.74, 6) is -9.87. The Labute approximate surface area is 216 Å². The fraction of sp³-hybridized carbons (Fsp3) is 0.333. The Kier molecular flexibility index (Phi) is 7.76. The lowest BCUT2D eigenvalue weighted by atomic mass is 10.5. The predicted molar refractivity (Wildman–Crippen MR) is 121 cm³/mol. The zero-order valence-electron chi connectivity index (χ0n) is 18.5. The molecule has 202 valence electrons. The molecule has 0 amide bonds. The zero-order chi connectivity index (χ0) is 27.7. The van der Waals surface area contributed by atoms with Gasteiger partial charge in [0.1, 0.15) is 12.5 Å². The first-order valence-electron chi connectivity index (χ1n) is 10.1. The van der Waals surface area contributed by atoms with Crippen LogP contribution in [0.4, 0.5) is 20.4 Å². The summed E-state index contributed by atoms with van der Waals surface area (Å²) in [6.45, 7) is 0. The van der Waals surface area contributed by atoms with Crippen molar-refractivity contribution < 1.29 is 46.9 Å². The molecule has 4 rings (SSSR count). The molecule has 0 radical (unpaired) electrons. The van der Waals surface area contributed by atoms with Crippen molar-refractivity contribution in [2.75, 3.05) is 23.0 Å². The van der Waals surface area contributed by atoms with Crippen molar-refractivity contribution >= 4 is 59.0 Å². The second-order valence-electron chi connectivity index (χ2n) is 7.26. The summed E-state index contributed by atoms with van der Waals surface area (Å²) >= 11 is 1.52. The Hall–Kier alpha value is -3.88. The minimum atomic E-state index is -1.87. The number of esters is 4. The summed E-state index contributed by atoms with van der Waals surface area (Å²) < 4.78 is 47.9. The highest BCUT2D eigenvalue weighted by atomic mass is 32.2. The molecule has 4 atom stereocenters. The van der Waals surface area contributed by atoms with Crippen LogP contribution in [0.15, 0.2) is 22.0 Å². The number of carbonyl (C=O) groups is 4. The molecule has 4 heterocycles. The molecule has 4 N–H and O–H groups in total. The summed E-state index contributed by atoms with van der Waals surface area (Å²) in [7, 11) is 0. The number of carbonyl (C=O) groups excluding carboxylic acids is 4. The summed E-state index contributed by atoms with van der Waals surface area (Å²) in [6, 6.07) is 0. The maximum absolute atomic E-state index is 13.6. The maximum atomic E-state index is 13.6. The molecule has 2 aliphatic rings. The average molecular weight is 576 g/mol. The number of thioether (sulfide) groups is 2. The normalized spacial score (nSPS) is 22.7. The largest absolute Gasteiger partial charge is 0.425 e. The molecule has 2 saturated heterocycles. The zero-order valence-corrected chi connectivity index (χ0v) is 20.1. The van der Waals surface area contributed by atoms with Crippen molar-refractivity contribution in [1.29, 1.82) is 0 Å². The highest BCUT2D eigenvalue weighted by molar-refractivity contribution is 8.00. The van der Waals surface area contributed by atoms with Gasteiger partial charge in [0.15, 0.2) is 23.3 Å². The third-order valence-electron chi connectivity index (χ3n) is 4.77. The van der Waals surface area contributed by atoms with E-state index in [0.29, 0.717) is 0 Å². The van der Waals surface area contributed by atoms with Gasteiger partial charge in [0.05, 0.1) is 12.4 Å². The molecule has 0 unspecified atom stereocenters. The highest BCUT2D eigenvalue weighted by Gasteiger charge is 2.39. The van der Waals surface area contributed by atoms with E-state index in [1.165, 1.54) is 0 Å². The first-order valence-corrected chi connectivity index (χ1v) is 12.2.